The third-order valence-electron chi connectivity index (χ3n) is 30.1. The summed E-state index contributed by atoms with van der Waals surface area (Å²) in [5.41, 5.74) is 50.2. The van der Waals surface area contributed by atoms with Gasteiger partial charge in [0.2, 0.25) is 0 Å². The fourth-order valence-corrected chi connectivity index (χ4v) is 22.6. The molecule has 3 unspecified atom stereocenters. The van der Waals surface area contributed by atoms with Crippen LogP contribution < -0.4 is 109 Å². The van der Waals surface area contributed by atoms with Gasteiger partial charge in [-0.2, -0.15) is 0 Å². The van der Waals surface area contributed by atoms with Gasteiger partial charge in [-0.3, -0.25) is 42.9 Å². The van der Waals surface area contributed by atoms with Crippen molar-refractivity contribution in [2.24, 2.45) is 59.5 Å². The Balaban J connectivity index is 0.000000109. The number of ketones is 1. The van der Waals surface area contributed by atoms with Gasteiger partial charge in [-0.15, -0.1) is 0 Å². The van der Waals surface area contributed by atoms with Crippen LogP contribution in [0.25, 0.3) is 104 Å². The van der Waals surface area contributed by atoms with Crippen molar-refractivity contribution >= 4 is 138 Å². The molecule has 18 heterocycles. The van der Waals surface area contributed by atoms with Gasteiger partial charge in [-0.25, -0.2) is 0 Å². The number of aryl methyl sites for hydroxylation is 13. The molecule has 0 fully saturated rings. The Labute approximate surface area is 831 Å². The molecule has 7 N–H and O–H groups in total. The van der Waals surface area contributed by atoms with Crippen molar-refractivity contribution in [1.29, 1.82) is 0 Å². The molecule has 13 aromatic rings. The number of carbonyl (C=O) groups excluding carboxylic acids is 1. The van der Waals surface area contributed by atoms with Crippen molar-refractivity contribution in [3.63, 3.8) is 0 Å². The predicted octanol–water partition coefficient (Wildman–Crippen LogP) is 14.6. The molecule has 144 heavy (non-hydrogen) atoms. The summed E-state index contributed by atoms with van der Waals surface area (Å²) in [6, 6.07) is 23.9. The van der Waals surface area contributed by atoms with Crippen molar-refractivity contribution < 1.29 is 38.3 Å². The number of rotatable bonds is 6. The fourth-order valence-electron chi connectivity index (χ4n) is 22.6. The van der Waals surface area contributed by atoms with Gasteiger partial charge in [0.1, 0.15) is 45.4 Å². The average Bonchev–Trinajstić information content (AvgIpc) is 0.761. The fraction of sp³-hybridized carbons (Fsp3) is 0.316. The van der Waals surface area contributed by atoms with Gasteiger partial charge in [0.05, 0.1) is 110 Å². The van der Waals surface area contributed by atoms with Crippen LogP contribution in [0.3, 0.4) is 0 Å². The van der Waals surface area contributed by atoms with Gasteiger partial charge in [0.15, 0.2) is 34.5 Å². The monoisotopic (exact) mass is 1940 g/mol. The van der Waals surface area contributed by atoms with Gasteiger partial charge >= 0.3 is 0 Å². The Bertz CT molecular complexity index is 8010. The zero-order valence-corrected chi connectivity index (χ0v) is 85.1. The molecule has 11 aliphatic heterocycles. The first-order chi connectivity index (χ1) is 68.5. The highest BCUT2D eigenvalue weighted by Crippen LogP contribution is 2.56. The maximum absolute atomic E-state index is 12.7. The molecule has 7 aromatic heterocycles. The lowest BCUT2D eigenvalue weighted by molar-refractivity contribution is -0.118. The molecular formula is C114H121N15O15. The predicted molar refractivity (Wildman–Crippen MR) is 578 cm³/mol. The largest absolute Gasteiger partial charge is 0.487 e. The molecule has 0 aliphatic carbocycles. The lowest BCUT2D eigenvalue weighted by Crippen LogP contribution is -2.48. The van der Waals surface area contributed by atoms with E-state index in [2.05, 4.69) is 135 Å². The zero-order valence-electron chi connectivity index (χ0n) is 85.1. The Hall–Kier alpha value is -15.5. The number of carbonyl (C=O) groups is 1. The second kappa shape index (κ2) is 36.5. The topological polar surface area (TPSA) is 341 Å². The van der Waals surface area contributed by atoms with E-state index in [-0.39, 0.29) is 94.5 Å². The summed E-state index contributed by atoms with van der Waals surface area (Å²) in [7, 11) is 10.6. The summed E-state index contributed by atoms with van der Waals surface area (Å²) in [6.07, 6.45) is 10.6. The number of nitrogens with zero attached hydrogens (tertiary/aromatic N) is 12. The standard InChI is InChI=1S/C20H20N2O4.3C19H21N3O2.C19H20N2O3.C18H18N2O2/c1-10-5-16(24)21(4)18-14(10)8-15-11(2)6-17(25)22-13(7-12(3)23)9-26-20(18)19(15)22;3*1-10-5-12(3)22-13(8-20)9-24-19-17-14(7-15(10)18(19)22)11(2)6-16(23)21(17)4;1-10-5-12(3)21-13(8-22)9-24-19-17-14(7-15(10)18(19)21)11(2)6-16(23)20(17)4;1-10-7-12(3)20-5-6-22-18-16-13(9-14(10)17(18)20)11(2)8-15(21)19(16)4/h5-6,8,13H,7,9H2,1-4H3;3*5-7,13H,3,8-9,20H2,1-2,4H3;5-7,13,22H,3,8-9H2,1-2,4H3;7-9H,3,5-6H2,1-2,4H3/t;2*13-;;;/m.10.../s1. The lowest BCUT2D eigenvalue weighted by Gasteiger charge is -2.42. The number of fused-ring (bicyclic) bond motifs is 12. The van der Waals surface area contributed by atoms with Gasteiger partial charge in [-0.05, 0) is 224 Å². The van der Waals surface area contributed by atoms with E-state index in [9.17, 15) is 43.5 Å². The molecule has 6 aromatic carbocycles. The second-order valence-corrected chi connectivity index (χ2v) is 39.6. The van der Waals surface area contributed by atoms with Crippen molar-refractivity contribution in [2.45, 2.75) is 127 Å². The average molecular weight is 1940 g/mol. The van der Waals surface area contributed by atoms with Gasteiger partial charge < -0.3 is 103 Å². The zero-order chi connectivity index (χ0) is 103. The van der Waals surface area contributed by atoms with E-state index in [1.54, 1.807) is 117 Å². The summed E-state index contributed by atoms with van der Waals surface area (Å²) in [4.78, 5) is 109. The van der Waals surface area contributed by atoms with E-state index >= 15 is 0 Å². The van der Waals surface area contributed by atoms with Crippen LogP contribution in [0.1, 0.15) is 121 Å². The van der Waals surface area contributed by atoms with E-state index in [1.165, 1.54) is 12.5 Å². The van der Waals surface area contributed by atoms with Crippen molar-refractivity contribution in [3.05, 3.63) is 310 Å². The number of benzene rings is 6. The first-order valence-corrected chi connectivity index (χ1v) is 48.4. The highest BCUT2D eigenvalue weighted by atomic mass is 16.5. The molecule has 0 radical (unpaired) electrons. The number of pyridine rings is 7. The number of nitrogens with two attached hydrogens (primary N) is 3. The van der Waals surface area contributed by atoms with Gasteiger partial charge in [0, 0.05) is 205 Å². The van der Waals surface area contributed by atoms with Gasteiger partial charge in [-0.1, -0.05) is 32.9 Å². The summed E-state index contributed by atoms with van der Waals surface area (Å²) in [6.45, 7) is 51.2. The number of Topliss-reactive ketones (excluding diaryl/α,β-unsaturated/α-hetero) is 1. The van der Waals surface area contributed by atoms with E-state index in [4.69, 9.17) is 45.6 Å². The second-order valence-electron chi connectivity index (χ2n) is 39.6. The maximum Gasteiger partial charge on any atom is 0.251 e. The van der Waals surface area contributed by atoms with Crippen LogP contribution in [0.5, 0.6) is 34.5 Å². The van der Waals surface area contributed by atoms with Crippen LogP contribution >= 0.6 is 0 Å². The van der Waals surface area contributed by atoms with E-state index in [0.717, 1.165) is 241 Å². The first-order valence-electron chi connectivity index (χ1n) is 48.4. The molecule has 742 valence electrons. The Morgan fingerprint density at radius 1 is 0.312 bits per heavy atom. The molecule has 0 bridgehead atoms. The Morgan fingerprint density at radius 3 is 0.840 bits per heavy atom. The molecule has 30 heteroatoms. The van der Waals surface area contributed by atoms with Crippen LogP contribution in [0.15, 0.2) is 204 Å². The SMILES string of the molecule is C=C1C=C(C)c2cc3c(C)cc(=O)n(C)c3c3c2N1C(CN)CO3.C=C1C=C(C)c2cc3c(C)cc(=O)n(C)c3c3c2N1C(CO)CO3.C=C1C=C(C)c2cc3c(C)cc(=O)n(C)c3c3c2N1CCO3.C=C1C=C(C)c2cc3c(C)cc(=O)n(C)c3c3c2N1[C@@H](CN)CO3.C=C1C=C(C)c2cc3c(C)cc(=O)n(C)c3c3c2N1[C@H](CN)CO3.CC(=O)CC1COc2c3c(cc4c(C)cc(=O)n1c24)c(C)cc(=O)n3C. The smallest absolute Gasteiger partial charge is 0.251 e. The normalized spacial score (nSPS) is 18.2. The number of hydrogen-bond acceptors (Lipinski definition) is 23. The van der Waals surface area contributed by atoms with Gasteiger partial charge in [0.25, 0.3) is 38.9 Å². The number of allylic oxidation sites excluding steroid dienone is 10. The van der Waals surface area contributed by atoms with Crippen molar-refractivity contribution in [3.8, 4) is 34.5 Å². The third-order valence-corrected chi connectivity index (χ3v) is 30.1. The first kappa shape index (κ1) is 97.3. The molecule has 0 saturated carbocycles. The van der Waals surface area contributed by atoms with Crippen LogP contribution in [-0.2, 0) is 47.1 Å². The minimum atomic E-state index is -0.338. The van der Waals surface area contributed by atoms with Crippen LogP contribution in [0.4, 0.5) is 28.4 Å². The van der Waals surface area contributed by atoms with E-state index in [0.29, 0.717) is 75.2 Å². The number of anilines is 5. The van der Waals surface area contributed by atoms with E-state index < -0.39 is 0 Å². The Kier molecular flexibility index (Phi) is 24.7. The molecule has 5 atom stereocenters. The highest BCUT2D eigenvalue weighted by molar-refractivity contribution is 6.09. The molecule has 0 saturated heterocycles. The number of hydrogen-bond donors (Lipinski definition) is 4. The number of aromatic nitrogens is 7. The maximum atomic E-state index is 12.7. The quantitative estimate of drug-likeness (QED) is 0.112. The molecule has 11 aliphatic rings. The molecule has 30 nitrogen and oxygen atoms in total. The van der Waals surface area contributed by atoms with Crippen LogP contribution in [0, 0.1) is 48.5 Å². The molecular weight excluding hydrogens is 1820 g/mol. The Morgan fingerprint density at radius 2 is 0.549 bits per heavy atom. The summed E-state index contributed by atoms with van der Waals surface area (Å²) < 4.78 is 48.0. The molecule has 0 spiro atoms. The summed E-state index contributed by atoms with van der Waals surface area (Å²) in [5, 5.41) is 16.8. The number of ether oxygens (including phenoxy) is 6. The highest BCUT2D eigenvalue weighted by Gasteiger charge is 2.43. The van der Waals surface area contributed by atoms with Crippen molar-refractivity contribution in [2.75, 3.05) is 96.9 Å². The van der Waals surface area contributed by atoms with Crippen LogP contribution in [-0.4, -0.2) is 139 Å². The summed E-state index contributed by atoms with van der Waals surface area (Å²) >= 11 is 0. The lowest BCUT2D eigenvalue weighted by atomic mass is 9.92. The van der Waals surface area contributed by atoms with Crippen LogP contribution in [0.2, 0.25) is 0 Å². The molecule has 24 rings (SSSR count). The number of aliphatic hydroxyl groups is 1. The van der Waals surface area contributed by atoms with Crippen molar-refractivity contribution in [1.82, 2.24) is 32.0 Å². The minimum Gasteiger partial charge on any atom is -0.487 e. The number of aliphatic hydroxyl groups excluding tert-OH is 1. The van der Waals surface area contributed by atoms with E-state index in [1.807, 2.05) is 72.4 Å². The third kappa shape index (κ3) is 15.4. The minimum absolute atomic E-state index is 0.00621. The summed E-state index contributed by atoms with van der Waals surface area (Å²) in [5.74, 6) is 4.31. The molecule has 0 amide bonds.